The van der Waals surface area contributed by atoms with Crippen molar-refractivity contribution in [3.8, 4) is 5.75 Å². The van der Waals surface area contributed by atoms with Gasteiger partial charge in [-0.25, -0.2) is 0 Å². The minimum atomic E-state index is -0.468. The standard InChI is InChI=1S/C23H23ClN2O3/c1-15-7-8-17-12-18(10-9-16(17)11-15)23(28)25-14-20(26-22(27)13-24)19-5-3-4-6-21(19)29-2/h3-12,20H,13-14H2,1-2H3,(H,25,28)(H,26,27). The quantitative estimate of drug-likeness (QED) is 0.579. The van der Waals surface area contributed by atoms with Crippen LogP contribution in [-0.2, 0) is 4.79 Å². The fourth-order valence-corrected chi connectivity index (χ4v) is 3.31. The largest absolute Gasteiger partial charge is 0.496 e. The smallest absolute Gasteiger partial charge is 0.251 e. The van der Waals surface area contributed by atoms with Gasteiger partial charge in [0.25, 0.3) is 5.91 Å². The molecule has 150 valence electrons. The first-order chi connectivity index (χ1) is 14.0. The van der Waals surface area contributed by atoms with Crippen molar-refractivity contribution in [3.63, 3.8) is 0 Å². The van der Waals surface area contributed by atoms with E-state index in [4.69, 9.17) is 16.3 Å². The minimum absolute atomic E-state index is 0.163. The van der Waals surface area contributed by atoms with E-state index < -0.39 is 6.04 Å². The average molecular weight is 411 g/mol. The molecule has 0 bridgehead atoms. The molecule has 0 aliphatic carbocycles. The predicted octanol–water partition coefficient (Wildman–Crippen LogP) is 3.98. The fourth-order valence-electron chi connectivity index (χ4n) is 3.23. The lowest BCUT2D eigenvalue weighted by atomic mass is 10.0. The van der Waals surface area contributed by atoms with Crippen LogP contribution in [0, 0.1) is 6.92 Å². The second kappa shape index (κ2) is 9.43. The van der Waals surface area contributed by atoms with Crippen molar-refractivity contribution >= 4 is 34.2 Å². The first kappa shape index (κ1) is 20.7. The summed E-state index contributed by atoms with van der Waals surface area (Å²) < 4.78 is 5.39. The van der Waals surface area contributed by atoms with E-state index in [1.165, 1.54) is 5.56 Å². The maximum atomic E-state index is 12.7. The molecule has 6 heteroatoms. The summed E-state index contributed by atoms with van der Waals surface area (Å²) in [5.74, 6) is -0.0722. The summed E-state index contributed by atoms with van der Waals surface area (Å²) in [4.78, 5) is 24.6. The third-order valence-electron chi connectivity index (χ3n) is 4.70. The molecule has 0 saturated heterocycles. The van der Waals surface area contributed by atoms with Crippen molar-refractivity contribution in [2.75, 3.05) is 19.5 Å². The molecule has 0 fully saturated rings. The summed E-state index contributed by atoms with van der Waals surface area (Å²) in [5.41, 5.74) is 2.50. The Morgan fingerprint density at radius 1 is 1.03 bits per heavy atom. The number of hydrogen-bond acceptors (Lipinski definition) is 3. The Morgan fingerprint density at radius 2 is 1.76 bits per heavy atom. The number of rotatable bonds is 7. The molecule has 5 nitrogen and oxygen atoms in total. The summed E-state index contributed by atoms with van der Waals surface area (Å²) in [6.45, 7) is 2.24. The number of carbonyl (C=O) groups is 2. The summed E-state index contributed by atoms with van der Waals surface area (Å²) in [6, 6.07) is 18.6. The number of carbonyl (C=O) groups excluding carboxylic acids is 2. The lowest BCUT2D eigenvalue weighted by Gasteiger charge is -2.21. The van der Waals surface area contributed by atoms with E-state index >= 15 is 0 Å². The molecular formula is C23H23ClN2O3. The van der Waals surface area contributed by atoms with Crippen molar-refractivity contribution in [2.45, 2.75) is 13.0 Å². The highest BCUT2D eigenvalue weighted by molar-refractivity contribution is 6.27. The number of nitrogens with one attached hydrogen (secondary N) is 2. The normalized spacial score (nSPS) is 11.7. The summed E-state index contributed by atoms with van der Waals surface area (Å²) in [6.07, 6.45) is 0. The molecule has 0 heterocycles. The van der Waals surface area contributed by atoms with Crippen molar-refractivity contribution in [1.82, 2.24) is 10.6 Å². The molecular weight excluding hydrogens is 388 g/mol. The molecule has 2 N–H and O–H groups in total. The molecule has 0 saturated carbocycles. The van der Waals surface area contributed by atoms with E-state index in [0.29, 0.717) is 11.3 Å². The van der Waals surface area contributed by atoms with E-state index in [1.807, 2.05) is 55.5 Å². The highest BCUT2D eigenvalue weighted by Gasteiger charge is 2.19. The van der Waals surface area contributed by atoms with Crippen molar-refractivity contribution in [1.29, 1.82) is 0 Å². The Morgan fingerprint density at radius 3 is 2.52 bits per heavy atom. The highest BCUT2D eigenvalue weighted by Crippen LogP contribution is 2.25. The molecule has 3 aromatic rings. The number of amides is 2. The van der Waals surface area contributed by atoms with Crippen LogP contribution in [0.15, 0.2) is 60.7 Å². The van der Waals surface area contributed by atoms with Gasteiger partial charge in [-0.15, -0.1) is 11.6 Å². The molecule has 0 spiro atoms. The van der Waals surface area contributed by atoms with Crippen LogP contribution in [0.1, 0.15) is 27.5 Å². The Balaban J connectivity index is 1.78. The van der Waals surface area contributed by atoms with Gasteiger partial charge in [0.15, 0.2) is 0 Å². The maximum absolute atomic E-state index is 12.7. The molecule has 3 aromatic carbocycles. The number of benzene rings is 3. The van der Waals surface area contributed by atoms with Gasteiger partial charge in [-0.3, -0.25) is 9.59 Å². The SMILES string of the molecule is COc1ccccc1C(CNC(=O)c1ccc2cc(C)ccc2c1)NC(=O)CCl. The number of alkyl halides is 1. The van der Waals surface area contributed by atoms with Crippen LogP contribution in [0.25, 0.3) is 10.8 Å². The van der Waals surface area contributed by atoms with Crippen LogP contribution in [0.3, 0.4) is 0 Å². The number of halogens is 1. The number of methoxy groups -OCH3 is 1. The van der Waals surface area contributed by atoms with Gasteiger partial charge in [0.2, 0.25) is 5.91 Å². The van der Waals surface area contributed by atoms with Crippen molar-refractivity contribution in [3.05, 3.63) is 77.4 Å². The van der Waals surface area contributed by atoms with Gasteiger partial charge in [-0.1, -0.05) is 48.0 Å². The molecule has 3 rings (SSSR count). The Hall–Kier alpha value is -3.05. The molecule has 1 unspecified atom stereocenters. The predicted molar refractivity (Wildman–Crippen MR) is 116 cm³/mol. The Bertz CT molecular complexity index is 1040. The van der Waals surface area contributed by atoms with E-state index in [-0.39, 0.29) is 24.2 Å². The third kappa shape index (κ3) is 5.06. The molecule has 0 aliphatic heterocycles. The lowest BCUT2D eigenvalue weighted by Crippen LogP contribution is -2.38. The van der Waals surface area contributed by atoms with Crippen LogP contribution >= 0.6 is 11.6 Å². The molecule has 29 heavy (non-hydrogen) atoms. The van der Waals surface area contributed by atoms with E-state index in [9.17, 15) is 9.59 Å². The second-order valence-corrected chi connectivity index (χ2v) is 7.04. The number of para-hydroxylation sites is 1. The second-order valence-electron chi connectivity index (χ2n) is 6.77. The van der Waals surface area contributed by atoms with Gasteiger partial charge in [0, 0.05) is 17.7 Å². The zero-order chi connectivity index (χ0) is 20.8. The number of fused-ring (bicyclic) bond motifs is 1. The Labute approximate surface area is 175 Å². The topological polar surface area (TPSA) is 67.4 Å². The highest BCUT2D eigenvalue weighted by atomic mass is 35.5. The first-order valence-corrected chi connectivity index (χ1v) is 9.82. The minimum Gasteiger partial charge on any atom is -0.496 e. The number of aryl methyl sites for hydroxylation is 1. The summed E-state index contributed by atoms with van der Waals surface area (Å²) in [5, 5.41) is 7.82. The van der Waals surface area contributed by atoms with Crippen LogP contribution in [0.5, 0.6) is 5.75 Å². The molecule has 2 amide bonds. The van der Waals surface area contributed by atoms with Gasteiger partial charge in [0.05, 0.1) is 13.2 Å². The van der Waals surface area contributed by atoms with Crippen molar-refractivity contribution < 1.29 is 14.3 Å². The summed E-state index contributed by atoms with van der Waals surface area (Å²) in [7, 11) is 1.56. The zero-order valence-electron chi connectivity index (χ0n) is 16.4. The zero-order valence-corrected chi connectivity index (χ0v) is 17.1. The van der Waals surface area contributed by atoms with Gasteiger partial charge >= 0.3 is 0 Å². The van der Waals surface area contributed by atoms with Gasteiger partial charge in [0.1, 0.15) is 11.6 Å². The lowest BCUT2D eigenvalue weighted by molar-refractivity contribution is -0.119. The van der Waals surface area contributed by atoms with Crippen LogP contribution in [0.4, 0.5) is 0 Å². The number of hydrogen-bond donors (Lipinski definition) is 2. The monoisotopic (exact) mass is 410 g/mol. The van der Waals surface area contributed by atoms with Crippen LogP contribution < -0.4 is 15.4 Å². The van der Waals surface area contributed by atoms with E-state index in [0.717, 1.165) is 16.3 Å². The molecule has 0 aliphatic rings. The van der Waals surface area contributed by atoms with Crippen LogP contribution in [-0.4, -0.2) is 31.3 Å². The van der Waals surface area contributed by atoms with Gasteiger partial charge < -0.3 is 15.4 Å². The van der Waals surface area contributed by atoms with Crippen LogP contribution in [0.2, 0.25) is 0 Å². The number of ether oxygens (including phenoxy) is 1. The maximum Gasteiger partial charge on any atom is 0.251 e. The fraction of sp³-hybridized carbons (Fsp3) is 0.217. The van der Waals surface area contributed by atoms with E-state index in [1.54, 1.807) is 13.2 Å². The summed E-state index contributed by atoms with van der Waals surface area (Å²) >= 11 is 5.65. The molecule has 1 atom stereocenters. The van der Waals surface area contributed by atoms with E-state index in [2.05, 4.69) is 16.7 Å². The molecule has 0 radical (unpaired) electrons. The third-order valence-corrected chi connectivity index (χ3v) is 4.94. The molecule has 0 aromatic heterocycles. The first-order valence-electron chi connectivity index (χ1n) is 9.28. The van der Waals surface area contributed by atoms with Gasteiger partial charge in [-0.2, -0.15) is 0 Å². The Kier molecular flexibility index (Phi) is 6.73. The average Bonchev–Trinajstić information content (AvgIpc) is 2.75. The van der Waals surface area contributed by atoms with Gasteiger partial charge in [-0.05, 0) is 35.9 Å². The van der Waals surface area contributed by atoms with Crippen molar-refractivity contribution in [2.24, 2.45) is 0 Å².